The number of aliphatic hydroxyl groups is 6. The summed E-state index contributed by atoms with van der Waals surface area (Å²) in [5, 5.41) is 93.5. The topological polar surface area (TPSA) is 420 Å². The van der Waals surface area contributed by atoms with Crippen LogP contribution < -0.4 is 76.1 Å². The maximum atomic E-state index is 14.7. The van der Waals surface area contributed by atoms with Crippen molar-refractivity contribution in [3.63, 3.8) is 0 Å². The van der Waals surface area contributed by atoms with Gasteiger partial charge >= 0.3 is 35.7 Å². The van der Waals surface area contributed by atoms with Crippen molar-refractivity contribution < 1.29 is 127 Å². The number of carbonyl (C=O) groups is 8. The fourth-order valence-corrected chi connectivity index (χ4v) is 9.42. The Morgan fingerprint density at radius 2 is 1.38 bits per heavy atom. The van der Waals surface area contributed by atoms with Crippen LogP contribution in [0.25, 0.3) is 0 Å². The first-order valence-corrected chi connectivity index (χ1v) is 25.5. The van der Waals surface area contributed by atoms with Crippen LogP contribution in [-0.4, -0.2) is 180 Å². The van der Waals surface area contributed by atoms with Crippen molar-refractivity contribution in [1.82, 2.24) is 36.4 Å². The number of nitrogens with zero attached hydrogens (tertiary/aromatic N) is 2. The zero-order valence-electron chi connectivity index (χ0n) is 43.7. The smallest absolute Gasteiger partial charge is 0.691 e. The van der Waals surface area contributed by atoms with Crippen LogP contribution in [0.4, 0.5) is 4.79 Å². The average Bonchev–Trinajstić information content (AvgIpc) is 3.97. The van der Waals surface area contributed by atoms with Gasteiger partial charge in [0.05, 0.1) is 43.0 Å². The van der Waals surface area contributed by atoms with E-state index in [1.165, 1.54) is 25.1 Å². The number of amides is 8. The van der Waals surface area contributed by atoms with Crippen LogP contribution in [0.1, 0.15) is 49.8 Å². The van der Waals surface area contributed by atoms with Crippen LogP contribution in [0.5, 0.6) is 11.5 Å². The Hall–Kier alpha value is -6.19. The minimum atomic E-state index is -2.20. The first kappa shape index (κ1) is 64.6. The normalized spacial score (nSPS) is 26.3. The first-order chi connectivity index (χ1) is 37.6. The third-order valence-electron chi connectivity index (χ3n) is 13.2. The van der Waals surface area contributed by atoms with E-state index in [-0.39, 0.29) is 72.2 Å². The van der Waals surface area contributed by atoms with Gasteiger partial charge < -0.3 is 91.7 Å². The van der Waals surface area contributed by atoms with Gasteiger partial charge in [0, 0.05) is 44.8 Å². The zero-order chi connectivity index (χ0) is 57.5. The number of nitrogens with two attached hydrogens (primary N) is 1. The van der Waals surface area contributed by atoms with E-state index in [0.717, 1.165) is 22.3 Å². The van der Waals surface area contributed by atoms with Crippen LogP contribution in [0.15, 0.2) is 78.9 Å². The number of nitrogens with one attached hydrogen (secondary N) is 5. The van der Waals surface area contributed by atoms with Crippen molar-refractivity contribution in [2.75, 3.05) is 19.6 Å². The molecule has 430 valence electrons. The number of carbonyl (C=O) groups excluding carboxylic acids is 8. The monoisotopic (exact) mass is 1150 g/mol. The summed E-state index contributed by atoms with van der Waals surface area (Å²) in [6, 6.07) is 9.83. The molecule has 3 aliphatic heterocycles. The van der Waals surface area contributed by atoms with Gasteiger partial charge in [-0.1, -0.05) is 73.7 Å². The molecule has 8 amide bonds. The molecule has 0 radical (unpaired) electrons. The molecule has 30 heteroatoms. The Balaban J connectivity index is 0.0000118. The largest absolute Gasteiger partial charge is 1.00 e. The number of alkyl carbamates (subject to hydrolysis) is 1. The molecule has 3 heterocycles. The molecule has 0 saturated carbocycles. The molecule has 13 N–H and O–H groups in total. The summed E-state index contributed by atoms with van der Waals surface area (Å²) in [6.07, 6.45) is -14.6. The van der Waals surface area contributed by atoms with E-state index in [4.69, 9.17) is 19.4 Å². The maximum Gasteiger partial charge on any atom is 1.00 e. The molecule has 3 fully saturated rings. The Morgan fingerprint density at radius 3 is 2.01 bits per heavy atom. The summed E-state index contributed by atoms with van der Waals surface area (Å²) in [4.78, 5) is 113. The number of fused-ring (bicyclic) bond motifs is 2. The van der Waals surface area contributed by atoms with Gasteiger partial charge in [0.1, 0.15) is 49.5 Å². The summed E-state index contributed by atoms with van der Waals surface area (Å²) in [6.45, 7) is 0.658. The van der Waals surface area contributed by atoms with Gasteiger partial charge in [0.2, 0.25) is 41.4 Å². The van der Waals surface area contributed by atoms with E-state index in [2.05, 4.69) is 36.0 Å². The summed E-state index contributed by atoms with van der Waals surface area (Å²) in [5.41, 5.74) is 6.87. The molecule has 28 nitrogen and oxygen atoms in total. The number of hydrogen-bond acceptors (Lipinski definition) is 21. The number of ether oxygens (including phenoxy) is 2. The van der Waals surface area contributed by atoms with Gasteiger partial charge in [-0.25, -0.2) is 4.79 Å². The van der Waals surface area contributed by atoms with Gasteiger partial charge in [0.15, 0.2) is 11.5 Å². The number of primary amides is 1. The molecule has 0 aliphatic carbocycles. The van der Waals surface area contributed by atoms with Crippen molar-refractivity contribution in [1.29, 1.82) is 0 Å². The number of rotatable bonds is 17. The Bertz CT molecular complexity index is 2620. The van der Waals surface area contributed by atoms with Crippen LogP contribution in [0, 0.1) is 5.92 Å². The molecule has 0 aromatic heterocycles. The van der Waals surface area contributed by atoms with Gasteiger partial charge in [-0.2, -0.15) is 0 Å². The third kappa shape index (κ3) is 17.7. The summed E-state index contributed by atoms with van der Waals surface area (Å²) in [5.74, 6) is -9.35. The molecule has 13 atom stereocenters. The summed E-state index contributed by atoms with van der Waals surface area (Å²) in [7, 11) is 0. The number of benzene rings is 3. The molecule has 3 aromatic rings. The molecule has 80 heavy (non-hydrogen) atoms. The van der Waals surface area contributed by atoms with Crippen LogP contribution >= 0.6 is 12.3 Å². The number of aliphatic hydroxyl groups excluding tert-OH is 6. The van der Waals surface area contributed by atoms with Crippen molar-refractivity contribution in [3.05, 3.63) is 95.6 Å². The van der Waals surface area contributed by atoms with Crippen LogP contribution in [-0.2, 0) is 67.3 Å². The average molecular weight is 1150 g/mol. The van der Waals surface area contributed by atoms with Gasteiger partial charge in [-0.15, -0.1) is 4.33 Å². The zero-order valence-corrected chi connectivity index (χ0v) is 46.5. The third-order valence-corrected chi connectivity index (χ3v) is 13.6. The van der Waals surface area contributed by atoms with Crippen LogP contribution in [0.2, 0.25) is 0 Å². The Kier molecular flexibility index (Phi) is 24.7. The molecule has 3 aliphatic rings. The van der Waals surface area contributed by atoms with Crippen LogP contribution in [0.3, 0.4) is 0 Å². The van der Waals surface area contributed by atoms with E-state index in [1.54, 1.807) is 60.7 Å². The second kappa shape index (κ2) is 30.6. The van der Waals surface area contributed by atoms with Crippen molar-refractivity contribution in [2.45, 2.75) is 126 Å². The second-order valence-corrected chi connectivity index (χ2v) is 19.7. The fraction of sp³-hybridized carbons (Fsp3) is 0.480. The summed E-state index contributed by atoms with van der Waals surface area (Å²) >= 11 is 0.0960. The van der Waals surface area contributed by atoms with Crippen molar-refractivity contribution in [3.8, 4) is 11.5 Å². The van der Waals surface area contributed by atoms with E-state index in [1.807, 2.05) is 0 Å². The summed E-state index contributed by atoms with van der Waals surface area (Å²) < 4.78 is 20.9. The minimum Gasteiger partial charge on any atom is -0.691 e. The van der Waals surface area contributed by atoms with E-state index in [0.29, 0.717) is 5.56 Å². The number of hydrogen-bond donors (Lipinski definition) is 12. The SMILES string of the molecule is C[C@@H](O)[C@@H]1NC(=O)C(NC(=O)OCc2ccccc2)C[C@@H](O)CNC(=O)[C@@H]2[C@@H](O)[C@@H](C)CN2C(=O)[C@H]([C@H](O)CC(N)=O)NC(=O)[C@H]([C@H](O)Cc2ccc(OCc3ccccc3)c(OSOO[O-])c2)NC(=O)[C@@H]2C[C@@H](O)CN2C1=O.[Na+]. The molecular weight excluding hydrogens is 1090 g/mol. The fourth-order valence-electron chi connectivity index (χ4n) is 9.17. The predicted octanol–water partition coefficient (Wildman–Crippen LogP) is -7.24. The van der Waals surface area contributed by atoms with E-state index in [9.17, 15) is 74.3 Å². The first-order valence-electron chi connectivity index (χ1n) is 24.9. The van der Waals surface area contributed by atoms with E-state index < -0.39 is 172 Å². The quantitative estimate of drug-likeness (QED) is 0.0196. The van der Waals surface area contributed by atoms with E-state index >= 15 is 0 Å². The minimum absolute atomic E-state index is 0. The van der Waals surface area contributed by atoms with Crippen molar-refractivity contribution >= 4 is 59.8 Å². The van der Waals surface area contributed by atoms with Gasteiger partial charge in [-0.3, -0.25) is 38.6 Å². The molecule has 1 unspecified atom stereocenters. The molecule has 6 rings (SSSR count). The molecular formula is C50H63N8NaO20S. The number of β-amino-alcohol motifs (C(OH)–C–C–N with tert-alkyl or cyclic N) is 1. The van der Waals surface area contributed by atoms with Crippen molar-refractivity contribution in [2.24, 2.45) is 11.7 Å². The predicted molar refractivity (Wildman–Crippen MR) is 269 cm³/mol. The molecule has 3 saturated heterocycles. The molecule has 3 aromatic carbocycles. The second-order valence-electron chi connectivity index (χ2n) is 19.2. The molecule has 0 spiro atoms. The maximum absolute atomic E-state index is 14.7. The molecule has 0 bridgehead atoms. The van der Waals surface area contributed by atoms with Gasteiger partial charge in [-0.05, 0) is 35.7 Å². The standard InChI is InChI=1S/C50H64N8O20S.Na/c1-25-21-58-42(43(25)65)47(69)52-20-30(60)17-32(53-50(72)75-24-28-11-7-4-8-12-28)44(66)54-39(26(2)59)48(70)57-22-31(61)18-33(57)45(67)55-40(46(68)56-41(49(58)71)35(63)19-38(51)64)34(62)15-29-13-14-36(37(16-29)76-79-78-77-73)74-23-27-9-5-3-6-10-27;/h3-14,16,25-26,30-35,39-43,59-63,65,73H,15,17-24H2,1-2H3,(H2,51,64)(H,52,69)(H,53,72)(H,54,66)(H,55,67)(H,56,68);/q;+1/p-1/t25-,26+,30+,31+,32?,33-,34+,35+,39-,40-,41-,42-,43-;/m0./s1. The Labute approximate surface area is 484 Å². The Morgan fingerprint density at radius 1 is 0.750 bits per heavy atom. The van der Waals surface area contributed by atoms with Gasteiger partial charge in [0.25, 0.3) is 12.3 Å².